The number of amides is 1. The first-order valence-corrected chi connectivity index (χ1v) is 8.88. The summed E-state index contributed by atoms with van der Waals surface area (Å²) in [6.07, 6.45) is 2.81. The predicted molar refractivity (Wildman–Crippen MR) is 87.2 cm³/mol. The van der Waals surface area contributed by atoms with Crippen LogP contribution in [0.2, 0.25) is 0 Å². The van der Waals surface area contributed by atoms with Gasteiger partial charge >= 0.3 is 0 Å². The quantitative estimate of drug-likeness (QED) is 0.783. The third-order valence-electron chi connectivity index (χ3n) is 4.08. The van der Waals surface area contributed by atoms with Crippen molar-refractivity contribution in [3.63, 3.8) is 0 Å². The second-order valence-corrected chi connectivity index (χ2v) is 7.11. The lowest BCUT2D eigenvalue weighted by Gasteiger charge is -2.11. The molecule has 0 radical (unpaired) electrons. The molecule has 120 valence electrons. The molecule has 1 fully saturated rings. The fraction of sp³-hybridized carbons (Fsp3) is 0.588. The normalized spacial score (nSPS) is 23.5. The summed E-state index contributed by atoms with van der Waals surface area (Å²) in [7, 11) is 0. The molecule has 0 aromatic heterocycles. The molecule has 2 aliphatic rings. The molecule has 4 nitrogen and oxygen atoms in total. The number of thioether (sulfide) groups is 1. The Bertz CT molecular complexity index is 477. The highest BCUT2D eigenvalue weighted by molar-refractivity contribution is 8.01. The van der Waals surface area contributed by atoms with Crippen LogP contribution < -0.4 is 5.32 Å². The molecule has 5 heteroatoms. The van der Waals surface area contributed by atoms with E-state index in [0.29, 0.717) is 19.1 Å². The largest absolute Gasteiger partial charge is 0.381 e. The van der Waals surface area contributed by atoms with E-state index in [0.717, 1.165) is 39.1 Å². The molecule has 0 spiro atoms. The van der Waals surface area contributed by atoms with Gasteiger partial charge in [-0.3, -0.25) is 4.79 Å². The van der Waals surface area contributed by atoms with Crippen LogP contribution in [0.25, 0.3) is 0 Å². The molecule has 22 heavy (non-hydrogen) atoms. The Labute approximate surface area is 135 Å². The second-order valence-electron chi connectivity index (χ2n) is 5.87. The van der Waals surface area contributed by atoms with Gasteiger partial charge in [0.15, 0.2) is 0 Å². The molecule has 0 saturated carbocycles. The summed E-state index contributed by atoms with van der Waals surface area (Å²) >= 11 is 1.67. The van der Waals surface area contributed by atoms with Crippen LogP contribution in [0, 0.1) is 5.92 Å². The molecule has 1 saturated heterocycles. The fourth-order valence-electron chi connectivity index (χ4n) is 2.79. The first kappa shape index (κ1) is 15.8. The number of ether oxygens (including phenoxy) is 2. The van der Waals surface area contributed by atoms with Gasteiger partial charge in [-0.1, -0.05) is 18.2 Å². The molecule has 1 N–H and O–H groups in total. The van der Waals surface area contributed by atoms with E-state index in [1.165, 1.54) is 10.5 Å². The summed E-state index contributed by atoms with van der Waals surface area (Å²) in [5, 5.41) is 3.05. The van der Waals surface area contributed by atoms with E-state index in [4.69, 9.17) is 9.47 Å². The monoisotopic (exact) mass is 321 g/mol. The minimum absolute atomic E-state index is 0.0222. The maximum atomic E-state index is 12.2. The molecule has 2 aliphatic heterocycles. The molecule has 0 unspecified atom stereocenters. The molecule has 1 aromatic carbocycles. The van der Waals surface area contributed by atoms with Gasteiger partial charge in [0.25, 0.3) is 0 Å². The maximum Gasteiger partial charge on any atom is 0.233 e. The van der Waals surface area contributed by atoms with Crippen LogP contribution in [-0.2, 0) is 20.7 Å². The zero-order valence-electron chi connectivity index (χ0n) is 12.8. The summed E-state index contributed by atoms with van der Waals surface area (Å²) in [6.45, 7) is 3.87. The van der Waals surface area contributed by atoms with Gasteiger partial charge in [0.2, 0.25) is 5.91 Å². The molecule has 1 aromatic rings. The molecule has 2 heterocycles. The molecule has 1 amide bonds. The van der Waals surface area contributed by atoms with E-state index >= 15 is 0 Å². The molecule has 2 atom stereocenters. The second kappa shape index (κ2) is 7.99. The highest BCUT2D eigenvalue weighted by Crippen LogP contribution is 2.36. The number of nitrogens with one attached hydrogen (secondary N) is 1. The van der Waals surface area contributed by atoms with Crippen molar-refractivity contribution >= 4 is 17.7 Å². The van der Waals surface area contributed by atoms with Gasteiger partial charge in [0.05, 0.1) is 18.5 Å². The Balaban J connectivity index is 1.27. The summed E-state index contributed by atoms with van der Waals surface area (Å²) in [4.78, 5) is 13.4. The molecule has 0 bridgehead atoms. The van der Waals surface area contributed by atoms with Crippen molar-refractivity contribution in [3.8, 4) is 0 Å². The Morgan fingerprint density at radius 1 is 1.41 bits per heavy atom. The van der Waals surface area contributed by atoms with Crippen molar-refractivity contribution in [2.45, 2.75) is 29.4 Å². The number of carbonyl (C=O) groups is 1. The van der Waals surface area contributed by atoms with Crippen LogP contribution in [0.4, 0.5) is 0 Å². The Kier molecular flexibility index (Phi) is 5.76. The average molecular weight is 321 g/mol. The highest BCUT2D eigenvalue weighted by Gasteiger charge is 2.27. The van der Waals surface area contributed by atoms with Gasteiger partial charge in [-0.25, -0.2) is 0 Å². The lowest BCUT2D eigenvalue weighted by Crippen LogP contribution is -2.33. The minimum Gasteiger partial charge on any atom is -0.381 e. The Hall–Kier alpha value is -1.04. The third kappa shape index (κ3) is 4.24. The molecule has 0 aliphatic carbocycles. The standard InChI is InChI=1S/C17H23NO3S/c19-17(16-10-14-4-1-2-5-15(14)22-16)18-7-3-8-20-11-13-6-9-21-12-13/h1-2,4-5,13,16H,3,6-12H2,(H,18,19)/t13-,16+/m0/s1. The minimum atomic E-state index is 0.0222. The lowest BCUT2D eigenvalue weighted by molar-refractivity contribution is -0.120. The van der Waals surface area contributed by atoms with E-state index in [1.807, 2.05) is 12.1 Å². The fourth-order valence-corrected chi connectivity index (χ4v) is 4.01. The lowest BCUT2D eigenvalue weighted by atomic mass is 10.1. The molecular formula is C17H23NO3S. The molecular weight excluding hydrogens is 298 g/mol. The topological polar surface area (TPSA) is 47.6 Å². The SMILES string of the molecule is O=C(NCCCOC[C@@H]1CCOC1)[C@H]1Cc2ccccc2S1. The van der Waals surface area contributed by atoms with Gasteiger partial charge < -0.3 is 14.8 Å². The first-order chi connectivity index (χ1) is 10.8. The zero-order valence-corrected chi connectivity index (χ0v) is 13.6. The van der Waals surface area contributed by atoms with Gasteiger partial charge in [-0.05, 0) is 30.9 Å². The maximum absolute atomic E-state index is 12.2. The van der Waals surface area contributed by atoms with Crippen LogP contribution in [0.1, 0.15) is 18.4 Å². The number of hydrogen-bond donors (Lipinski definition) is 1. The van der Waals surface area contributed by atoms with Crippen LogP contribution in [-0.4, -0.2) is 44.1 Å². The number of hydrogen-bond acceptors (Lipinski definition) is 4. The van der Waals surface area contributed by atoms with Crippen LogP contribution in [0.5, 0.6) is 0 Å². The smallest absolute Gasteiger partial charge is 0.233 e. The van der Waals surface area contributed by atoms with Crippen molar-refractivity contribution in [2.24, 2.45) is 5.92 Å². The number of fused-ring (bicyclic) bond motifs is 1. The summed E-state index contributed by atoms with van der Waals surface area (Å²) < 4.78 is 11.0. The van der Waals surface area contributed by atoms with E-state index in [-0.39, 0.29) is 11.2 Å². The van der Waals surface area contributed by atoms with Gasteiger partial charge in [0.1, 0.15) is 0 Å². The summed E-state index contributed by atoms with van der Waals surface area (Å²) in [5.74, 6) is 0.702. The third-order valence-corrected chi connectivity index (χ3v) is 5.40. The number of carbonyl (C=O) groups excluding carboxylic acids is 1. The zero-order chi connectivity index (χ0) is 15.2. The van der Waals surface area contributed by atoms with Crippen molar-refractivity contribution in [3.05, 3.63) is 29.8 Å². The van der Waals surface area contributed by atoms with E-state index < -0.39 is 0 Å². The van der Waals surface area contributed by atoms with Crippen molar-refractivity contribution in [1.82, 2.24) is 5.32 Å². The van der Waals surface area contributed by atoms with Crippen LogP contribution >= 0.6 is 11.8 Å². The van der Waals surface area contributed by atoms with Gasteiger partial charge in [-0.15, -0.1) is 11.8 Å². The van der Waals surface area contributed by atoms with Gasteiger partial charge in [0, 0.05) is 30.6 Å². The van der Waals surface area contributed by atoms with E-state index in [2.05, 4.69) is 17.4 Å². The Morgan fingerprint density at radius 3 is 3.14 bits per heavy atom. The van der Waals surface area contributed by atoms with E-state index in [1.54, 1.807) is 11.8 Å². The van der Waals surface area contributed by atoms with Crippen molar-refractivity contribution < 1.29 is 14.3 Å². The molecule has 3 rings (SSSR count). The van der Waals surface area contributed by atoms with Crippen LogP contribution in [0.15, 0.2) is 29.2 Å². The number of benzene rings is 1. The van der Waals surface area contributed by atoms with E-state index in [9.17, 15) is 4.79 Å². The van der Waals surface area contributed by atoms with Crippen molar-refractivity contribution in [1.29, 1.82) is 0 Å². The van der Waals surface area contributed by atoms with Gasteiger partial charge in [-0.2, -0.15) is 0 Å². The average Bonchev–Trinajstić information content (AvgIpc) is 3.19. The summed E-state index contributed by atoms with van der Waals surface area (Å²) in [6, 6.07) is 8.26. The van der Waals surface area contributed by atoms with Crippen LogP contribution in [0.3, 0.4) is 0 Å². The van der Waals surface area contributed by atoms with Crippen molar-refractivity contribution in [2.75, 3.05) is 33.0 Å². The highest BCUT2D eigenvalue weighted by atomic mass is 32.2. The number of rotatable bonds is 7. The first-order valence-electron chi connectivity index (χ1n) is 8.00. The predicted octanol–water partition coefficient (Wildman–Crippen LogP) is 2.26. The summed E-state index contributed by atoms with van der Waals surface area (Å²) in [5.41, 5.74) is 1.29. The Morgan fingerprint density at radius 2 is 2.32 bits per heavy atom.